The summed E-state index contributed by atoms with van der Waals surface area (Å²) in [5.41, 5.74) is 0.294. The molecule has 2 aliphatic rings. The van der Waals surface area contributed by atoms with Crippen LogP contribution in [-0.2, 0) is 0 Å². The Morgan fingerprint density at radius 2 is 1.86 bits per heavy atom. The minimum Gasteiger partial charge on any atom is -0.386 e. The number of nitrogens with one attached hydrogen (secondary N) is 2. The van der Waals surface area contributed by atoms with Crippen LogP contribution < -0.4 is 10.6 Å². The lowest BCUT2D eigenvalue weighted by molar-refractivity contribution is 0.119. The molecule has 164 valence electrons. The van der Waals surface area contributed by atoms with Gasteiger partial charge in [-0.2, -0.15) is 0 Å². The number of hydrogen-bond acceptors (Lipinski definition) is 3. The van der Waals surface area contributed by atoms with Crippen LogP contribution in [0.25, 0.3) is 0 Å². The van der Waals surface area contributed by atoms with Crippen LogP contribution in [0.2, 0.25) is 0 Å². The van der Waals surface area contributed by atoms with E-state index in [0.717, 1.165) is 38.5 Å². The minimum absolute atomic E-state index is 0. The first-order valence-electron chi connectivity index (χ1n) is 10.9. The van der Waals surface area contributed by atoms with Crippen LogP contribution in [0.1, 0.15) is 63.5 Å². The van der Waals surface area contributed by atoms with Crippen molar-refractivity contribution in [3.8, 4) is 0 Å². The molecule has 3 N–H and O–H groups in total. The third kappa shape index (κ3) is 7.36. The van der Waals surface area contributed by atoms with Crippen molar-refractivity contribution in [2.45, 2.75) is 70.1 Å². The number of aliphatic imine (C=N–C) groups is 1. The zero-order valence-corrected chi connectivity index (χ0v) is 19.8. The van der Waals surface area contributed by atoms with E-state index in [2.05, 4.69) is 20.5 Å². The van der Waals surface area contributed by atoms with Crippen LogP contribution in [0.15, 0.2) is 29.3 Å². The molecule has 3 rings (SSSR count). The highest BCUT2D eigenvalue weighted by Crippen LogP contribution is 2.25. The molecule has 0 amide bonds. The van der Waals surface area contributed by atoms with E-state index in [0.29, 0.717) is 17.6 Å². The lowest BCUT2D eigenvalue weighted by Gasteiger charge is -2.39. The Hall–Kier alpha value is -0.930. The summed E-state index contributed by atoms with van der Waals surface area (Å²) in [6.07, 6.45) is 8.15. The lowest BCUT2D eigenvalue weighted by atomic mass is 9.92. The quantitative estimate of drug-likeness (QED) is 0.305. The van der Waals surface area contributed by atoms with Crippen molar-refractivity contribution in [2.75, 3.05) is 26.2 Å². The highest BCUT2D eigenvalue weighted by atomic mass is 127. The first-order valence-corrected chi connectivity index (χ1v) is 10.9. The SMILES string of the molecule is CCNC(=NCC(O)c1ccccc1F)NC1CCN(C2CCCCC2)CC1.I. The molecule has 7 heteroatoms. The third-order valence-electron chi connectivity index (χ3n) is 5.99. The fraction of sp³-hybridized carbons (Fsp3) is 0.682. The van der Waals surface area contributed by atoms with Gasteiger partial charge in [-0.1, -0.05) is 37.5 Å². The Balaban J connectivity index is 0.00000300. The number of hydrogen-bond donors (Lipinski definition) is 3. The second-order valence-corrected chi connectivity index (χ2v) is 8.00. The number of halogens is 2. The molecule has 1 saturated carbocycles. The lowest BCUT2D eigenvalue weighted by Crippen LogP contribution is -2.51. The van der Waals surface area contributed by atoms with Gasteiger partial charge in [-0.15, -0.1) is 24.0 Å². The molecule has 1 aliphatic heterocycles. The van der Waals surface area contributed by atoms with Gasteiger partial charge in [-0.25, -0.2) is 4.39 Å². The van der Waals surface area contributed by atoms with Crippen molar-refractivity contribution < 1.29 is 9.50 Å². The maximum absolute atomic E-state index is 13.8. The Bertz CT molecular complexity index is 631. The molecule has 1 aliphatic carbocycles. The van der Waals surface area contributed by atoms with Crippen molar-refractivity contribution in [3.63, 3.8) is 0 Å². The number of aliphatic hydroxyl groups is 1. The first kappa shape index (κ1) is 24.3. The van der Waals surface area contributed by atoms with Crippen molar-refractivity contribution in [1.82, 2.24) is 15.5 Å². The van der Waals surface area contributed by atoms with Crippen molar-refractivity contribution in [1.29, 1.82) is 0 Å². The molecular weight excluding hydrogens is 482 g/mol. The Morgan fingerprint density at radius 1 is 1.17 bits per heavy atom. The molecule has 1 saturated heterocycles. The average molecular weight is 518 g/mol. The van der Waals surface area contributed by atoms with E-state index in [1.165, 1.54) is 38.2 Å². The van der Waals surface area contributed by atoms with Crippen LogP contribution in [-0.4, -0.2) is 54.2 Å². The number of piperidine rings is 1. The normalized spacial score (nSPS) is 20.7. The van der Waals surface area contributed by atoms with Crippen LogP contribution in [0.3, 0.4) is 0 Å². The molecule has 29 heavy (non-hydrogen) atoms. The third-order valence-corrected chi connectivity index (χ3v) is 5.99. The minimum atomic E-state index is -0.940. The molecule has 0 spiro atoms. The van der Waals surface area contributed by atoms with Gasteiger partial charge in [0.15, 0.2) is 5.96 Å². The van der Waals surface area contributed by atoms with Gasteiger partial charge in [0.25, 0.3) is 0 Å². The molecule has 0 bridgehead atoms. The van der Waals surface area contributed by atoms with Gasteiger partial charge in [-0.3, -0.25) is 4.99 Å². The van der Waals surface area contributed by atoms with Crippen molar-refractivity contribution in [2.24, 2.45) is 4.99 Å². The van der Waals surface area contributed by atoms with Gasteiger partial charge in [0.05, 0.1) is 6.54 Å². The topological polar surface area (TPSA) is 59.9 Å². The largest absolute Gasteiger partial charge is 0.386 e. The predicted molar refractivity (Wildman–Crippen MR) is 127 cm³/mol. The van der Waals surface area contributed by atoms with E-state index in [4.69, 9.17) is 0 Å². The van der Waals surface area contributed by atoms with Crippen LogP contribution in [0.4, 0.5) is 4.39 Å². The van der Waals surface area contributed by atoms with Crippen LogP contribution >= 0.6 is 24.0 Å². The zero-order chi connectivity index (χ0) is 19.8. The first-order chi connectivity index (χ1) is 13.7. The summed E-state index contributed by atoms with van der Waals surface area (Å²) in [4.78, 5) is 7.17. The summed E-state index contributed by atoms with van der Waals surface area (Å²) < 4.78 is 13.8. The molecule has 1 aromatic rings. The van der Waals surface area contributed by atoms with E-state index in [1.807, 2.05) is 6.92 Å². The highest BCUT2D eigenvalue weighted by molar-refractivity contribution is 14.0. The summed E-state index contributed by atoms with van der Waals surface area (Å²) >= 11 is 0. The van der Waals surface area contributed by atoms with Crippen LogP contribution in [0, 0.1) is 5.82 Å². The Morgan fingerprint density at radius 3 is 2.52 bits per heavy atom. The molecule has 0 radical (unpaired) electrons. The highest BCUT2D eigenvalue weighted by Gasteiger charge is 2.26. The van der Waals surface area contributed by atoms with Crippen molar-refractivity contribution >= 4 is 29.9 Å². The average Bonchev–Trinajstić information content (AvgIpc) is 2.73. The van der Waals surface area contributed by atoms with Gasteiger partial charge in [0, 0.05) is 37.3 Å². The summed E-state index contributed by atoms with van der Waals surface area (Å²) in [7, 11) is 0. The fourth-order valence-electron chi connectivity index (χ4n) is 4.39. The molecule has 5 nitrogen and oxygen atoms in total. The van der Waals surface area contributed by atoms with Gasteiger partial charge in [-0.05, 0) is 38.7 Å². The Kier molecular flexibility index (Phi) is 10.7. The second-order valence-electron chi connectivity index (χ2n) is 8.00. The van der Waals surface area contributed by atoms with Gasteiger partial charge >= 0.3 is 0 Å². The summed E-state index contributed by atoms with van der Waals surface area (Å²) in [6.45, 7) is 5.19. The number of likely N-dealkylation sites (tertiary alicyclic amines) is 1. The van der Waals surface area contributed by atoms with E-state index in [-0.39, 0.29) is 30.5 Å². The van der Waals surface area contributed by atoms with E-state index in [9.17, 15) is 9.50 Å². The summed E-state index contributed by atoms with van der Waals surface area (Å²) in [5, 5.41) is 17.0. The molecule has 2 fully saturated rings. The zero-order valence-electron chi connectivity index (χ0n) is 17.4. The maximum atomic E-state index is 13.8. The maximum Gasteiger partial charge on any atom is 0.191 e. The molecule has 1 aromatic carbocycles. The van der Waals surface area contributed by atoms with Gasteiger partial charge < -0.3 is 20.6 Å². The van der Waals surface area contributed by atoms with Gasteiger partial charge in [0.2, 0.25) is 0 Å². The number of nitrogens with zero attached hydrogens (tertiary/aromatic N) is 2. The number of benzene rings is 1. The summed E-state index contributed by atoms with van der Waals surface area (Å²) in [5.74, 6) is 0.312. The molecule has 0 aromatic heterocycles. The fourth-order valence-corrected chi connectivity index (χ4v) is 4.39. The number of rotatable bonds is 6. The van der Waals surface area contributed by atoms with E-state index >= 15 is 0 Å². The number of aliphatic hydroxyl groups excluding tert-OH is 1. The Labute approximate surface area is 191 Å². The van der Waals surface area contributed by atoms with Crippen LogP contribution in [0.5, 0.6) is 0 Å². The van der Waals surface area contributed by atoms with E-state index < -0.39 is 11.9 Å². The second kappa shape index (κ2) is 12.7. The smallest absolute Gasteiger partial charge is 0.191 e. The summed E-state index contributed by atoms with van der Waals surface area (Å²) in [6, 6.07) is 7.51. The molecule has 1 atom stereocenters. The van der Waals surface area contributed by atoms with Gasteiger partial charge in [0.1, 0.15) is 11.9 Å². The standard InChI is InChI=1S/C22H35FN4O.HI/c1-2-24-22(25-16-21(28)19-10-6-7-11-20(19)23)26-17-12-14-27(15-13-17)18-8-4-3-5-9-18;/h6-7,10-11,17-18,21,28H,2-5,8-9,12-16H2,1H3,(H2,24,25,26);1H. The van der Waals surface area contributed by atoms with Crippen molar-refractivity contribution in [3.05, 3.63) is 35.6 Å². The molecular formula is C22H36FIN4O. The molecule has 1 unspecified atom stereocenters. The predicted octanol–water partition coefficient (Wildman–Crippen LogP) is 3.83. The molecule has 1 heterocycles. The monoisotopic (exact) mass is 518 g/mol. The number of guanidine groups is 1. The van der Waals surface area contributed by atoms with E-state index in [1.54, 1.807) is 18.2 Å².